The van der Waals surface area contributed by atoms with Crippen molar-refractivity contribution in [1.29, 1.82) is 0 Å². The van der Waals surface area contributed by atoms with Crippen molar-refractivity contribution in [3.8, 4) is 0 Å². The molecule has 31 heavy (non-hydrogen) atoms. The Morgan fingerprint density at radius 3 is 2.68 bits per heavy atom. The molecule has 8 nitrogen and oxygen atoms in total. The molecule has 0 aromatic carbocycles. The van der Waals surface area contributed by atoms with Crippen LogP contribution < -0.4 is 5.32 Å². The van der Waals surface area contributed by atoms with Crippen molar-refractivity contribution >= 4 is 22.8 Å². The smallest absolute Gasteiger partial charge is 0.232 e. The van der Waals surface area contributed by atoms with Gasteiger partial charge in [-0.05, 0) is 43.4 Å². The minimum Gasteiger partial charge on any atom is -0.379 e. The number of hydrogen-bond acceptors (Lipinski definition) is 6. The Morgan fingerprint density at radius 2 is 1.90 bits per heavy atom. The Hall–Kier alpha value is -2.06. The molecule has 5 aliphatic rings. The summed E-state index contributed by atoms with van der Waals surface area (Å²) in [5, 5.41) is 8.62. The number of carbonyl (C=O) groups is 1. The molecule has 1 N–H and O–H groups in total. The average molecular weight is 425 g/mol. The van der Waals surface area contributed by atoms with Crippen molar-refractivity contribution in [1.82, 2.24) is 24.6 Å². The summed E-state index contributed by atoms with van der Waals surface area (Å²) in [6, 6.07) is 0. The third-order valence-corrected chi connectivity index (χ3v) is 8.40. The second-order valence-electron chi connectivity index (χ2n) is 10.1. The highest BCUT2D eigenvalue weighted by molar-refractivity contribution is 6.01. The van der Waals surface area contributed by atoms with Crippen LogP contribution in [0.1, 0.15) is 44.9 Å². The Bertz CT molecular complexity index is 952. The maximum absolute atomic E-state index is 13.6. The van der Waals surface area contributed by atoms with Gasteiger partial charge in [0, 0.05) is 19.6 Å². The van der Waals surface area contributed by atoms with Gasteiger partial charge in [0.25, 0.3) is 0 Å². The lowest BCUT2D eigenvalue weighted by Gasteiger charge is -2.29. The molecule has 0 radical (unpaired) electrons. The number of anilines is 1. The minimum atomic E-state index is -0.181. The number of rotatable bonds is 5. The predicted molar refractivity (Wildman–Crippen MR) is 116 cm³/mol. The van der Waals surface area contributed by atoms with Crippen LogP contribution in [0.15, 0.2) is 12.5 Å². The topological polar surface area (TPSA) is 85.2 Å². The first-order chi connectivity index (χ1) is 15.2. The Morgan fingerprint density at radius 1 is 1.13 bits per heavy atom. The Labute approximate surface area is 182 Å². The zero-order valence-corrected chi connectivity index (χ0v) is 18.1. The van der Waals surface area contributed by atoms with E-state index in [-0.39, 0.29) is 11.3 Å². The molecule has 1 aliphatic heterocycles. The van der Waals surface area contributed by atoms with Crippen LogP contribution >= 0.6 is 0 Å². The number of nitrogens with zero attached hydrogens (tertiary/aromatic N) is 5. The molecule has 166 valence electrons. The molecule has 4 bridgehead atoms. The quantitative estimate of drug-likeness (QED) is 0.794. The molecule has 2 atom stereocenters. The lowest BCUT2D eigenvalue weighted by atomic mass is 9.77. The molecule has 8 heteroatoms. The van der Waals surface area contributed by atoms with Crippen LogP contribution in [0.5, 0.6) is 0 Å². The van der Waals surface area contributed by atoms with Crippen LogP contribution in [0.2, 0.25) is 0 Å². The molecule has 1 amide bonds. The molecule has 7 rings (SSSR count). The van der Waals surface area contributed by atoms with Crippen LogP contribution in [0.25, 0.3) is 11.0 Å². The van der Waals surface area contributed by atoms with Gasteiger partial charge >= 0.3 is 0 Å². The molecule has 2 aromatic rings. The van der Waals surface area contributed by atoms with Crippen LogP contribution in [0.3, 0.4) is 0 Å². The number of morpholine rings is 1. The molecule has 2 unspecified atom stereocenters. The molecule has 0 spiro atoms. The van der Waals surface area contributed by atoms with Gasteiger partial charge in [0.15, 0.2) is 5.65 Å². The monoisotopic (exact) mass is 424 g/mol. The normalized spacial score (nSPS) is 33.0. The average Bonchev–Trinajstić information content (AvgIpc) is 3.44. The number of ether oxygens (including phenoxy) is 1. The third-order valence-electron chi connectivity index (χ3n) is 8.40. The zero-order valence-electron chi connectivity index (χ0n) is 18.1. The van der Waals surface area contributed by atoms with Crippen LogP contribution in [-0.2, 0) is 16.1 Å². The molecule has 5 fully saturated rings. The van der Waals surface area contributed by atoms with Crippen molar-refractivity contribution in [2.24, 2.45) is 23.2 Å². The fourth-order valence-corrected chi connectivity index (χ4v) is 6.92. The van der Waals surface area contributed by atoms with Crippen LogP contribution in [0.4, 0.5) is 5.82 Å². The Kier molecular flexibility index (Phi) is 4.94. The van der Waals surface area contributed by atoms with Gasteiger partial charge in [0.1, 0.15) is 12.1 Å². The second kappa shape index (κ2) is 7.81. The van der Waals surface area contributed by atoms with Gasteiger partial charge in [-0.1, -0.05) is 19.3 Å². The van der Waals surface area contributed by atoms with E-state index in [1.807, 2.05) is 4.68 Å². The maximum atomic E-state index is 13.6. The van der Waals surface area contributed by atoms with Crippen LogP contribution in [-0.4, -0.2) is 63.4 Å². The lowest BCUT2D eigenvalue weighted by Crippen LogP contribution is -2.38. The summed E-state index contributed by atoms with van der Waals surface area (Å²) in [7, 11) is 0. The van der Waals surface area contributed by atoms with Crippen molar-refractivity contribution in [3.05, 3.63) is 12.5 Å². The molecular formula is C23H32N6O2. The molecule has 4 saturated carbocycles. The lowest BCUT2D eigenvalue weighted by molar-refractivity contribution is -0.127. The van der Waals surface area contributed by atoms with E-state index in [4.69, 9.17) is 4.74 Å². The first-order valence-corrected chi connectivity index (χ1v) is 12.0. The van der Waals surface area contributed by atoms with E-state index in [0.717, 1.165) is 75.1 Å². The second-order valence-corrected chi connectivity index (χ2v) is 10.1. The SMILES string of the molecule is O=C(Nc1ncnc2c1cnn2CCN1CCOCC1)C12CC3CCCC(CC1C3)C2. The fraction of sp³-hybridized carbons (Fsp3) is 0.739. The number of hydrogen-bond donors (Lipinski definition) is 1. The van der Waals surface area contributed by atoms with Crippen LogP contribution in [0, 0.1) is 23.2 Å². The number of nitrogens with one attached hydrogen (secondary N) is 1. The summed E-state index contributed by atoms with van der Waals surface area (Å²) in [6.45, 7) is 5.19. The van der Waals surface area contributed by atoms with E-state index in [0.29, 0.717) is 11.7 Å². The number of amides is 1. The number of fused-ring (bicyclic) bond motifs is 3. The maximum Gasteiger partial charge on any atom is 0.232 e. The molecule has 1 saturated heterocycles. The van der Waals surface area contributed by atoms with E-state index < -0.39 is 0 Å². The summed E-state index contributed by atoms with van der Waals surface area (Å²) >= 11 is 0. The summed E-state index contributed by atoms with van der Waals surface area (Å²) in [6.07, 6.45) is 11.9. The van der Waals surface area contributed by atoms with Crippen molar-refractivity contribution < 1.29 is 9.53 Å². The fourth-order valence-electron chi connectivity index (χ4n) is 6.92. The molecule has 4 aliphatic carbocycles. The van der Waals surface area contributed by atoms with Gasteiger partial charge < -0.3 is 10.1 Å². The molecule has 2 aromatic heterocycles. The van der Waals surface area contributed by atoms with E-state index in [2.05, 4.69) is 25.3 Å². The van der Waals surface area contributed by atoms with Gasteiger partial charge in [-0.3, -0.25) is 9.69 Å². The van der Waals surface area contributed by atoms with Crippen molar-refractivity contribution in [3.63, 3.8) is 0 Å². The van der Waals surface area contributed by atoms with Gasteiger partial charge in [0.05, 0.1) is 36.8 Å². The van der Waals surface area contributed by atoms with E-state index in [1.54, 1.807) is 12.5 Å². The van der Waals surface area contributed by atoms with Gasteiger partial charge in [-0.15, -0.1) is 0 Å². The highest BCUT2D eigenvalue weighted by atomic mass is 16.5. The summed E-state index contributed by atoms with van der Waals surface area (Å²) in [5.41, 5.74) is 0.613. The van der Waals surface area contributed by atoms with Crippen molar-refractivity contribution in [2.75, 3.05) is 38.2 Å². The minimum absolute atomic E-state index is 0.181. The van der Waals surface area contributed by atoms with Gasteiger partial charge in [-0.2, -0.15) is 5.10 Å². The highest BCUT2D eigenvalue weighted by Gasteiger charge is 2.58. The van der Waals surface area contributed by atoms with E-state index >= 15 is 0 Å². The molecule has 3 heterocycles. The summed E-state index contributed by atoms with van der Waals surface area (Å²) < 4.78 is 7.36. The Balaban J connectivity index is 1.21. The number of carbonyl (C=O) groups excluding carboxylic acids is 1. The first-order valence-electron chi connectivity index (χ1n) is 12.0. The predicted octanol–water partition coefficient (Wildman–Crippen LogP) is 2.70. The van der Waals surface area contributed by atoms with E-state index in [9.17, 15) is 4.79 Å². The van der Waals surface area contributed by atoms with Gasteiger partial charge in [-0.25, -0.2) is 14.6 Å². The standard InChI is InChI=1S/C23H32N6O2/c30-22(23-12-16-2-1-3-17(13-23)11-18(23)10-16)27-20-19-14-26-29(21(19)25-15-24-20)5-4-28-6-8-31-9-7-28/h14-18H,1-13H2,(H,24,25,27,30). The summed E-state index contributed by atoms with van der Waals surface area (Å²) in [5.74, 6) is 2.81. The van der Waals surface area contributed by atoms with Gasteiger partial charge in [0.2, 0.25) is 5.91 Å². The summed E-state index contributed by atoms with van der Waals surface area (Å²) in [4.78, 5) is 24.9. The number of aromatic nitrogens is 4. The first kappa shape index (κ1) is 19.6. The third kappa shape index (κ3) is 3.44. The molecular weight excluding hydrogens is 392 g/mol. The highest BCUT2D eigenvalue weighted by Crippen LogP contribution is 2.62. The van der Waals surface area contributed by atoms with Crippen molar-refractivity contribution in [2.45, 2.75) is 51.5 Å². The van der Waals surface area contributed by atoms with E-state index in [1.165, 1.54) is 32.1 Å². The largest absolute Gasteiger partial charge is 0.379 e. The zero-order chi connectivity index (χ0) is 20.8.